The van der Waals surface area contributed by atoms with E-state index >= 15 is 0 Å². The van der Waals surface area contributed by atoms with Gasteiger partial charge in [-0.3, -0.25) is 10.2 Å². The Morgan fingerprint density at radius 2 is 2.39 bits per heavy atom. The second-order valence-corrected chi connectivity index (χ2v) is 4.66. The Bertz CT molecular complexity index is 482. The number of aliphatic imine (C=N–C) groups is 1. The fourth-order valence-corrected chi connectivity index (χ4v) is 2.45. The monoisotopic (exact) mass is 250 g/mol. The minimum Gasteiger partial charge on any atom is -0.326 e. The van der Waals surface area contributed by atoms with Crippen molar-refractivity contribution in [2.75, 3.05) is 13.6 Å². The molecule has 2 N–H and O–H groups in total. The zero-order valence-electron chi connectivity index (χ0n) is 10.1. The lowest BCUT2D eigenvalue weighted by atomic mass is 10.0. The van der Waals surface area contributed by atoms with Crippen molar-refractivity contribution in [3.63, 3.8) is 0 Å². The zero-order chi connectivity index (χ0) is 12.7. The number of halogens is 1. The summed E-state index contributed by atoms with van der Waals surface area (Å²) in [5, 5.41) is 5.96. The smallest absolute Gasteiger partial charge is 0.323 e. The summed E-state index contributed by atoms with van der Waals surface area (Å²) in [4.78, 5) is 17.4. The van der Waals surface area contributed by atoms with Gasteiger partial charge in [0.2, 0.25) is 0 Å². The molecule has 1 fully saturated rings. The van der Waals surface area contributed by atoms with E-state index in [1.165, 1.54) is 4.90 Å². The second kappa shape index (κ2) is 4.20. The van der Waals surface area contributed by atoms with Crippen LogP contribution in [0.25, 0.3) is 0 Å². The van der Waals surface area contributed by atoms with Crippen LogP contribution in [0, 0.1) is 0 Å². The molecule has 0 spiro atoms. The first kappa shape index (κ1) is 11.4. The van der Waals surface area contributed by atoms with Crippen LogP contribution >= 0.6 is 0 Å². The number of fused-ring (bicyclic) bond motifs is 1. The Kier molecular flexibility index (Phi) is 2.66. The number of amides is 2. The third-order valence-corrected chi connectivity index (χ3v) is 3.47. The number of hydrogen-bond donors (Lipinski definition) is 2. The Hall–Kier alpha value is -1.69. The van der Waals surface area contributed by atoms with Crippen molar-refractivity contribution in [3.05, 3.63) is 23.6 Å². The van der Waals surface area contributed by atoms with Gasteiger partial charge in [0.1, 0.15) is 23.9 Å². The largest absolute Gasteiger partial charge is 0.326 e. The summed E-state index contributed by atoms with van der Waals surface area (Å²) in [5.74, 6) is 0.570. The van der Waals surface area contributed by atoms with E-state index < -0.39 is 0 Å². The van der Waals surface area contributed by atoms with Crippen LogP contribution < -0.4 is 10.6 Å². The highest BCUT2D eigenvalue weighted by atomic mass is 19.1. The summed E-state index contributed by atoms with van der Waals surface area (Å²) in [6.45, 7) is 0.574. The minimum atomic E-state index is -0.386. The third kappa shape index (κ3) is 1.73. The van der Waals surface area contributed by atoms with E-state index in [1.54, 1.807) is 13.1 Å². The zero-order valence-corrected chi connectivity index (χ0v) is 10.1. The molecule has 6 heteroatoms. The second-order valence-electron chi connectivity index (χ2n) is 4.66. The Balaban J connectivity index is 1.90. The summed E-state index contributed by atoms with van der Waals surface area (Å²) in [6, 6.07) is -0.259. The Labute approximate surface area is 104 Å². The van der Waals surface area contributed by atoms with E-state index in [0.29, 0.717) is 24.4 Å². The Morgan fingerprint density at radius 1 is 1.56 bits per heavy atom. The predicted molar refractivity (Wildman–Crippen MR) is 65.8 cm³/mol. The van der Waals surface area contributed by atoms with Gasteiger partial charge in [-0.05, 0) is 6.42 Å². The average molecular weight is 250 g/mol. The molecule has 96 valence electrons. The molecule has 2 aliphatic heterocycles. The van der Waals surface area contributed by atoms with Gasteiger partial charge in [-0.2, -0.15) is 0 Å². The third-order valence-electron chi connectivity index (χ3n) is 3.47. The van der Waals surface area contributed by atoms with E-state index in [1.807, 2.05) is 6.08 Å². The van der Waals surface area contributed by atoms with Crippen LogP contribution in [-0.4, -0.2) is 42.6 Å². The first-order valence-corrected chi connectivity index (χ1v) is 6.07. The number of rotatable bonds is 1. The number of nitrogens with one attached hydrogen (secondary N) is 2. The number of carbonyl (C=O) groups excluding carboxylic acids is 1. The van der Waals surface area contributed by atoms with Crippen LogP contribution in [0.4, 0.5) is 9.18 Å². The van der Waals surface area contributed by atoms with Gasteiger partial charge in [0, 0.05) is 25.6 Å². The summed E-state index contributed by atoms with van der Waals surface area (Å²) < 4.78 is 13.8. The molecule has 18 heavy (non-hydrogen) atoms. The van der Waals surface area contributed by atoms with Gasteiger partial charge in [0.05, 0.1) is 0 Å². The molecule has 2 unspecified atom stereocenters. The van der Waals surface area contributed by atoms with Crippen molar-refractivity contribution in [1.29, 1.82) is 0 Å². The van der Waals surface area contributed by atoms with E-state index in [0.717, 1.165) is 6.42 Å². The highest BCUT2D eigenvalue weighted by Gasteiger charge is 2.37. The molecule has 2 heterocycles. The lowest BCUT2D eigenvalue weighted by molar-refractivity contribution is 0.232. The van der Waals surface area contributed by atoms with Crippen LogP contribution in [-0.2, 0) is 0 Å². The lowest BCUT2D eigenvalue weighted by Gasteiger charge is -2.27. The molecule has 0 aromatic rings. The van der Waals surface area contributed by atoms with Gasteiger partial charge in [-0.1, -0.05) is 12.2 Å². The summed E-state index contributed by atoms with van der Waals surface area (Å²) in [6.07, 6.45) is 4.52. The molecule has 1 aliphatic carbocycles. The van der Waals surface area contributed by atoms with Gasteiger partial charge in [0.15, 0.2) is 0 Å². The maximum atomic E-state index is 13.8. The molecular formula is C12H15FN4O. The molecule has 3 aliphatic rings. The molecule has 5 nitrogen and oxygen atoms in total. The van der Waals surface area contributed by atoms with E-state index in [9.17, 15) is 9.18 Å². The molecule has 3 rings (SSSR count). The molecule has 2 atom stereocenters. The quantitative estimate of drug-likeness (QED) is 0.727. The maximum Gasteiger partial charge on any atom is 0.323 e. The van der Waals surface area contributed by atoms with Crippen LogP contribution in [0.15, 0.2) is 28.5 Å². The maximum absolute atomic E-state index is 13.8. The molecule has 0 radical (unpaired) electrons. The van der Waals surface area contributed by atoms with Crippen molar-refractivity contribution in [2.24, 2.45) is 4.99 Å². The standard InChI is InChI=1S/C12H15FN4O/c1-17-11-9(15-12(17)18)6-14-10(16-11)7-4-2-3-5-8(7)13/h2,4,9-10,14H,3,5-6H2,1H3,(H,15,18). The summed E-state index contributed by atoms with van der Waals surface area (Å²) >= 11 is 0. The van der Waals surface area contributed by atoms with Crippen molar-refractivity contribution >= 4 is 11.9 Å². The van der Waals surface area contributed by atoms with Gasteiger partial charge >= 0.3 is 6.03 Å². The first-order valence-electron chi connectivity index (χ1n) is 6.07. The van der Waals surface area contributed by atoms with Crippen LogP contribution in [0.5, 0.6) is 0 Å². The predicted octanol–water partition coefficient (Wildman–Crippen LogP) is 0.911. The topological polar surface area (TPSA) is 56.7 Å². The fraction of sp³-hybridized carbons (Fsp3) is 0.500. The van der Waals surface area contributed by atoms with Crippen molar-refractivity contribution in [2.45, 2.75) is 25.0 Å². The summed E-state index contributed by atoms with van der Waals surface area (Å²) in [5.41, 5.74) is 0.583. The van der Waals surface area contributed by atoms with Crippen molar-refractivity contribution < 1.29 is 9.18 Å². The molecule has 2 amide bonds. The molecule has 0 bridgehead atoms. The minimum absolute atomic E-state index is 0.102. The van der Waals surface area contributed by atoms with Crippen molar-refractivity contribution in [1.82, 2.24) is 15.5 Å². The number of hydrogen-bond acceptors (Lipinski definition) is 3. The first-order chi connectivity index (χ1) is 8.66. The fourth-order valence-electron chi connectivity index (χ4n) is 2.45. The van der Waals surface area contributed by atoms with Crippen molar-refractivity contribution in [3.8, 4) is 0 Å². The Morgan fingerprint density at radius 3 is 3.17 bits per heavy atom. The summed E-state index contributed by atoms with van der Waals surface area (Å²) in [7, 11) is 1.68. The van der Waals surface area contributed by atoms with Gasteiger partial charge in [-0.15, -0.1) is 0 Å². The number of allylic oxidation sites excluding steroid dienone is 2. The highest BCUT2D eigenvalue weighted by molar-refractivity contribution is 6.07. The number of urea groups is 1. The highest BCUT2D eigenvalue weighted by Crippen LogP contribution is 2.25. The molecular weight excluding hydrogens is 235 g/mol. The SMILES string of the molecule is CN1C(=O)NC2CNC(C3=C(F)CCC=C3)N=C21. The van der Waals surface area contributed by atoms with E-state index in [4.69, 9.17) is 0 Å². The molecule has 0 aromatic heterocycles. The molecule has 0 aromatic carbocycles. The normalized spacial score (nSPS) is 31.3. The van der Waals surface area contributed by atoms with E-state index in [2.05, 4.69) is 15.6 Å². The number of amidine groups is 1. The van der Waals surface area contributed by atoms with Gasteiger partial charge < -0.3 is 5.32 Å². The van der Waals surface area contributed by atoms with Gasteiger partial charge in [0.25, 0.3) is 0 Å². The average Bonchev–Trinajstić information content (AvgIpc) is 2.66. The van der Waals surface area contributed by atoms with Crippen LogP contribution in [0.2, 0.25) is 0 Å². The molecule has 1 saturated heterocycles. The number of likely N-dealkylation sites (N-methyl/N-ethyl adjacent to an activating group) is 1. The van der Waals surface area contributed by atoms with Gasteiger partial charge in [-0.25, -0.2) is 14.2 Å². The number of nitrogens with zero attached hydrogens (tertiary/aromatic N) is 2. The van der Waals surface area contributed by atoms with Crippen LogP contribution in [0.3, 0.4) is 0 Å². The van der Waals surface area contributed by atoms with Crippen LogP contribution in [0.1, 0.15) is 12.8 Å². The van der Waals surface area contributed by atoms with E-state index in [-0.39, 0.29) is 24.1 Å². The number of carbonyl (C=O) groups is 1. The lowest BCUT2D eigenvalue weighted by Crippen LogP contribution is -2.49. The molecule has 0 saturated carbocycles.